The summed E-state index contributed by atoms with van der Waals surface area (Å²) in [5.74, 6) is 2.55. The predicted molar refractivity (Wildman–Crippen MR) is 105 cm³/mol. The van der Waals surface area contributed by atoms with Crippen molar-refractivity contribution in [2.24, 2.45) is 22.9 Å². The lowest BCUT2D eigenvalue weighted by Gasteiger charge is -2.35. The van der Waals surface area contributed by atoms with Crippen molar-refractivity contribution in [2.75, 3.05) is 13.1 Å². The van der Waals surface area contributed by atoms with Crippen LogP contribution in [0.15, 0.2) is 30.0 Å². The molecule has 0 bridgehead atoms. The first-order valence-electron chi connectivity index (χ1n) is 9.70. The van der Waals surface area contributed by atoms with E-state index < -0.39 is 0 Å². The summed E-state index contributed by atoms with van der Waals surface area (Å²) >= 11 is 0. The molecular weight excluding hydrogens is 315 g/mol. The standard InChI is InChI=1S/C20H33N2OP/c1-3-15(2)20-14-19(21-23-20)18-8-4-6-16(7-5-9-18)17-10-12-22(24)13-11-17/h3,16-18,20H,1-2,4-14,24H2. The van der Waals surface area contributed by atoms with Gasteiger partial charge in [0.25, 0.3) is 0 Å². The van der Waals surface area contributed by atoms with Crippen LogP contribution in [-0.2, 0) is 4.84 Å². The Hall–Kier alpha value is -0.660. The molecule has 3 nitrogen and oxygen atoms in total. The van der Waals surface area contributed by atoms with E-state index in [1.54, 1.807) is 6.08 Å². The molecule has 3 rings (SSSR count). The van der Waals surface area contributed by atoms with E-state index in [1.807, 2.05) is 0 Å². The van der Waals surface area contributed by atoms with E-state index in [-0.39, 0.29) is 6.10 Å². The Labute approximate surface area is 149 Å². The maximum Gasteiger partial charge on any atom is 0.157 e. The molecule has 0 spiro atoms. The van der Waals surface area contributed by atoms with Gasteiger partial charge < -0.3 is 4.84 Å². The Balaban J connectivity index is 1.47. The highest BCUT2D eigenvalue weighted by Gasteiger charge is 2.31. The van der Waals surface area contributed by atoms with Crippen LogP contribution in [0.5, 0.6) is 0 Å². The number of nitrogens with zero attached hydrogens (tertiary/aromatic N) is 2. The van der Waals surface area contributed by atoms with Crippen LogP contribution in [0, 0.1) is 17.8 Å². The lowest BCUT2D eigenvalue weighted by molar-refractivity contribution is 0.114. The fourth-order valence-corrected chi connectivity index (χ4v) is 5.00. The average Bonchev–Trinajstić information content (AvgIpc) is 3.05. The van der Waals surface area contributed by atoms with E-state index in [2.05, 4.69) is 32.4 Å². The highest BCUT2D eigenvalue weighted by molar-refractivity contribution is 7.13. The number of piperidine rings is 1. The number of hydrogen-bond acceptors (Lipinski definition) is 3. The highest BCUT2D eigenvalue weighted by atomic mass is 31.0. The lowest BCUT2D eigenvalue weighted by Crippen LogP contribution is -2.31. The third-order valence-electron chi connectivity index (χ3n) is 6.33. The molecule has 0 aromatic carbocycles. The van der Waals surface area contributed by atoms with Gasteiger partial charge in [-0.15, -0.1) is 0 Å². The number of rotatable bonds is 4. The van der Waals surface area contributed by atoms with Gasteiger partial charge in [-0.25, -0.2) is 0 Å². The summed E-state index contributed by atoms with van der Waals surface area (Å²) in [7, 11) is 2.87. The molecule has 0 amide bonds. The van der Waals surface area contributed by atoms with E-state index in [0.29, 0.717) is 5.92 Å². The van der Waals surface area contributed by atoms with E-state index in [1.165, 1.54) is 70.2 Å². The van der Waals surface area contributed by atoms with Crippen molar-refractivity contribution in [3.05, 3.63) is 24.8 Å². The number of hydrogen-bond donors (Lipinski definition) is 0. The minimum Gasteiger partial charge on any atom is -0.387 e. The maximum absolute atomic E-state index is 5.58. The van der Waals surface area contributed by atoms with Crippen molar-refractivity contribution < 1.29 is 4.84 Å². The second kappa shape index (κ2) is 8.63. The summed E-state index contributed by atoms with van der Waals surface area (Å²) < 4.78 is 2.40. The SMILES string of the molecule is C=CC(=C)C1CC(C2CCCC(C3CCN(P)CC3)CCC2)=NO1. The minimum atomic E-state index is 0.0350. The molecule has 2 unspecified atom stereocenters. The van der Waals surface area contributed by atoms with Gasteiger partial charge >= 0.3 is 0 Å². The molecule has 1 saturated heterocycles. The first-order chi connectivity index (χ1) is 11.7. The van der Waals surface area contributed by atoms with Crippen LogP contribution >= 0.6 is 9.39 Å². The summed E-state index contributed by atoms with van der Waals surface area (Å²) in [6.07, 6.45) is 13.6. The zero-order chi connectivity index (χ0) is 16.9. The normalized spacial score (nSPS) is 33.2. The molecule has 24 heavy (non-hydrogen) atoms. The molecule has 4 heteroatoms. The molecule has 2 atom stereocenters. The van der Waals surface area contributed by atoms with Crippen LogP contribution in [0.25, 0.3) is 0 Å². The second-order valence-corrected chi connectivity index (χ2v) is 8.58. The van der Waals surface area contributed by atoms with Crippen LogP contribution in [0.1, 0.15) is 57.8 Å². The number of oxime groups is 1. The van der Waals surface area contributed by atoms with Gasteiger partial charge in [-0.2, -0.15) is 0 Å². The third-order valence-corrected chi connectivity index (χ3v) is 6.85. The molecule has 2 aliphatic heterocycles. The average molecular weight is 348 g/mol. The largest absolute Gasteiger partial charge is 0.387 e. The van der Waals surface area contributed by atoms with E-state index in [0.717, 1.165) is 23.8 Å². The fraction of sp³-hybridized carbons (Fsp3) is 0.750. The first-order valence-corrected chi connectivity index (χ1v) is 10.2. The van der Waals surface area contributed by atoms with Crippen LogP contribution in [0.3, 0.4) is 0 Å². The van der Waals surface area contributed by atoms with Crippen molar-refractivity contribution in [3.63, 3.8) is 0 Å². The molecule has 1 aliphatic carbocycles. The summed E-state index contributed by atoms with van der Waals surface area (Å²) in [5.41, 5.74) is 2.23. The monoisotopic (exact) mass is 348 g/mol. The van der Waals surface area contributed by atoms with Gasteiger partial charge in [-0.05, 0) is 43.1 Å². The molecule has 134 valence electrons. The van der Waals surface area contributed by atoms with Gasteiger partial charge in [0.05, 0.1) is 5.71 Å². The van der Waals surface area contributed by atoms with Gasteiger partial charge in [-0.3, -0.25) is 4.67 Å². The Kier molecular flexibility index (Phi) is 6.52. The Morgan fingerprint density at radius 2 is 1.71 bits per heavy atom. The molecule has 0 aromatic heterocycles. The van der Waals surface area contributed by atoms with Crippen LogP contribution < -0.4 is 0 Å². The predicted octanol–water partition coefficient (Wildman–Crippen LogP) is 4.96. The van der Waals surface area contributed by atoms with Gasteiger partial charge in [0.1, 0.15) is 0 Å². The van der Waals surface area contributed by atoms with Crippen LogP contribution in [0.4, 0.5) is 0 Å². The van der Waals surface area contributed by atoms with E-state index >= 15 is 0 Å². The summed E-state index contributed by atoms with van der Waals surface area (Å²) in [4.78, 5) is 5.58. The van der Waals surface area contributed by atoms with Gasteiger partial charge in [-0.1, -0.05) is 59.5 Å². The summed E-state index contributed by atoms with van der Waals surface area (Å²) in [6, 6.07) is 0. The zero-order valence-corrected chi connectivity index (χ0v) is 16.1. The van der Waals surface area contributed by atoms with E-state index in [9.17, 15) is 0 Å². The van der Waals surface area contributed by atoms with Crippen molar-refractivity contribution in [1.82, 2.24) is 4.67 Å². The van der Waals surface area contributed by atoms with Crippen molar-refractivity contribution in [3.8, 4) is 0 Å². The van der Waals surface area contributed by atoms with E-state index in [4.69, 9.17) is 4.84 Å². The van der Waals surface area contributed by atoms with Gasteiger partial charge in [0.15, 0.2) is 6.10 Å². The molecule has 0 aromatic rings. The smallest absolute Gasteiger partial charge is 0.157 e. The zero-order valence-electron chi connectivity index (χ0n) is 15.0. The summed E-state index contributed by atoms with van der Waals surface area (Å²) in [6.45, 7) is 10.3. The molecule has 0 radical (unpaired) electrons. The molecule has 2 fully saturated rings. The second-order valence-electron chi connectivity index (χ2n) is 7.85. The summed E-state index contributed by atoms with van der Waals surface area (Å²) in [5, 5.41) is 4.40. The Morgan fingerprint density at radius 1 is 1.08 bits per heavy atom. The van der Waals surface area contributed by atoms with Gasteiger partial charge in [0.2, 0.25) is 0 Å². The molecule has 3 aliphatic rings. The Bertz CT molecular complexity index is 472. The Morgan fingerprint density at radius 3 is 2.33 bits per heavy atom. The van der Waals surface area contributed by atoms with Crippen LogP contribution in [-0.4, -0.2) is 29.6 Å². The fourth-order valence-electron chi connectivity index (χ4n) is 4.70. The lowest BCUT2D eigenvalue weighted by atomic mass is 9.75. The minimum absolute atomic E-state index is 0.0350. The molecule has 2 heterocycles. The van der Waals surface area contributed by atoms with Crippen molar-refractivity contribution in [1.29, 1.82) is 0 Å². The molecule has 1 saturated carbocycles. The van der Waals surface area contributed by atoms with Crippen molar-refractivity contribution in [2.45, 2.75) is 63.9 Å². The highest BCUT2D eigenvalue weighted by Crippen LogP contribution is 2.37. The first kappa shape index (κ1) is 18.1. The topological polar surface area (TPSA) is 24.8 Å². The quantitative estimate of drug-likeness (QED) is 0.530. The molecular formula is C20H33N2OP. The van der Waals surface area contributed by atoms with Crippen molar-refractivity contribution >= 4 is 15.1 Å². The van der Waals surface area contributed by atoms with Gasteiger partial charge in [0, 0.05) is 25.4 Å². The van der Waals surface area contributed by atoms with Crippen LogP contribution in [0.2, 0.25) is 0 Å². The molecule has 0 N–H and O–H groups in total. The maximum atomic E-state index is 5.58. The third kappa shape index (κ3) is 4.49.